The molecule has 0 saturated carbocycles. The average molecular weight is 735 g/mol. The summed E-state index contributed by atoms with van der Waals surface area (Å²) in [6, 6.07) is 22.5. The summed E-state index contributed by atoms with van der Waals surface area (Å²) in [4.78, 5) is 29.5. The highest BCUT2D eigenvalue weighted by molar-refractivity contribution is 7.92. The van der Waals surface area contributed by atoms with Gasteiger partial charge in [0.25, 0.3) is 10.0 Å². The number of hydrogen-bond donors (Lipinski definition) is 1. The van der Waals surface area contributed by atoms with Crippen LogP contribution < -0.4 is 9.62 Å². The lowest BCUT2D eigenvalue weighted by molar-refractivity contribution is -0.140. The topological polar surface area (TPSA) is 86.8 Å². The number of nitrogens with zero attached hydrogens (tertiary/aromatic N) is 2. The molecule has 0 heterocycles. The number of alkyl halides is 3. The van der Waals surface area contributed by atoms with Crippen molar-refractivity contribution in [2.24, 2.45) is 0 Å². The first-order valence-corrected chi connectivity index (χ1v) is 17.6. The lowest BCUT2D eigenvalue weighted by Gasteiger charge is -2.34. The van der Waals surface area contributed by atoms with Gasteiger partial charge in [0, 0.05) is 24.0 Å². The Morgan fingerprint density at radius 1 is 0.878 bits per heavy atom. The molecule has 2 atom stereocenters. The number of hydrogen-bond acceptors (Lipinski definition) is 4. The summed E-state index contributed by atoms with van der Waals surface area (Å²) in [5.74, 6) is -1.30. The monoisotopic (exact) mass is 733 g/mol. The van der Waals surface area contributed by atoms with Gasteiger partial charge in [0.1, 0.15) is 12.6 Å². The van der Waals surface area contributed by atoms with E-state index in [0.29, 0.717) is 27.4 Å². The van der Waals surface area contributed by atoms with Crippen LogP contribution >= 0.6 is 23.2 Å². The highest BCUT2D eigenvalue weighted by atomic mass is 35.5. The molecule has 0 aliphatic rings. The van der Waals surface area contributed by atoms with Gasteiger partial charge < -0.3 is 10.2 Å². The maximum Gasteiger partial charge on any atom is 0.417 e. The zero-order valence-corrected chi connectivity index (χ0v) is 29.4. The zero-order chi connectivity index (χ0) is 35.9. The van der Waals surface area contributed by atoms with E-state index in [9.17, 15) is 31.2 Å². The molecule has 0 bridgehead atoms. The number of amides is 2. The van der Waals surface area contributed by atoms with Gasteiger partial charge in [0.05, 0.1) is 21.2 Å². The number of carbonyl (C=O) groups is 2. The van der Waals surface area contributed by atoms with Crippen LogP contribution in [0.5, 0.6) is 0 Å². The molecule has 0 spiro atoms. The van der Waals surface area contributed by atoms with E-state index >= 15 is 0 Å². The lowest BCUT2D eigenvalue weighted by Crippen LogP contribution is -2.54. The number of sulfonamides is 1. The third-order valence-corrected chi connectivity index (χ3v) is 10.3. The maximum absolute atomic E-state index is 14.5. The Bertz CT molecular complexity index is 1860. The summed E-state index contributed by atoms with van der Waals surface area (Å²) in [6.45, 7) is 4.40. The summed E-state index contributed by atoms with van der Waals surface area (Å²) in [5.41, 5.74) is 0.373. The minimum atomic E-state index is -4.91. The van der Waals surface area contributed by atoms with Crippen LogP contribution in [0.2, 0.25) is 10.0 Å². The van der Waals surface area contributed by atoms with Gasteiger partial charge in [-0.2, -0.15) is 13.2 Å². The molecular formula is C36H36Cl2F3N3O4S. The quantitative estimate of drug-likeness (QED) is 0.151. The fraction of sp³-hybridized carbons (Fsp3) is 0.278. The van der Waals surface area contributed by atoms with Crippen LogP contribution in [0, 0.1) is 6.92 Å². The van der Waals surface area contributed by atoms with Crippen molar-refractivity contribution in [2.75, 3.05) is 10.8 Å². The molecular weight excluding hydrogens is 698 g/mol. The summed E-state index contributed by atoms with van der Waals surface area (Å²) in [7, 11) is -4.62. The van der Waals surface area contributed by atoms with Crippen LogP contribution in [0.25, 0.3) is 0 Å². The standard InChI is InChI=1S/C36H36Cl2F3N3O4S/c1-4-25(3)42-35(46)33(20-26-8-6-5-7-9-26)43(22-27-12-14-28(37)15-13-27)34(45)23-44(49(47,48)30-17-10-24(2)11-18-30)29-16-19-32(38)31(21-29)36(39,40)41/h5-19,21,25,33H,4,20,22-23H2,1-3H3,(H,42,46)/t25-,33-/m1/s1. The van der Waals surface area contributed by atoms with Crippen LogP contribution in [0.4, 0.5) is 18.9 Å². The van der Waals surface area contributed by atoms with E-state index in [-0.39, 0.29) is 23.9 Å². The molecule has 49 heavy (non-hydrogen) atoms. The second-order valence-electron chi connectivity index (χ2n) is 11.7. The Labute approximate surface area is 294 Å². The summed E-state index contributed by atoms with van der Waals surface area (Å²) in [6.07, 6.45) is -4.23. The van der Waals surface area contributed by atoms with Gasteiger partial charge in [0.15, 0.2) is 0 Å². The Balaban J connectivity index is 1.87. The third-order valence-electron chi connectivity index (χ3n) is 7.97. The summed E-state index contributed by atoms with van der Waals surface area (Å²) < 4.78 is 70.9. The van der Waals surface area contributed by atoms with Gasteiger partial charge in [-0.3, -0.25) is 13.9 Å². The molecule has 1 N–H and O–H groups in total. The van der Waals surface area contributed by atoms with Crippen molar-refractivity contribution >= 4 is 50.7 Å². The third kappa shape index (κ3) is 9.77. The summed E-state index contributed by atoms with van der Waals surface area (Å²) >= 11 is 12.0. The van der Waals surface area contributed by atoms with E-state index < -0.39 is 56.9 Å². The number of nitrogens with one attached hydrogen (secondary N) is 1. The Morgan fingerprint density at radius 3 is 2.10 bits per heavy atom. The molecule has 0 radical (unpaired) electrons. The Kier molecular flexibility index (Phi) is 12.4. The molecule has 0 aliphatic carbocycles. The predicted octanol–water partition coefficient (Wildman–Crippen LogP) is 8.07. The van der Waals surface area contributed by atoms with Crippen LogP contribution in [0.15, 0.2) is 102 Å². The maximum atomic E-state index is 14.5. The molecule has 4 rings (SSSR count). The largest absolute Gasteiger partial charge is 0.417 e. The molecule has 0 aliphatic heterocycles. The molecule has 7 nitrogen and oxygen atoms in total. The number of anilines is 1. The first-order chi connectivity index (χ1) is 23.1. The van der Waals surface area contributed by atoms with Gasteiger partial charge in [-0.15, -0.1) is 0 Å². The van der Waals surface area contributed by atoms with Crippen molar-refractivity contribution in [1.29, 1.82) is 0 Å². The van der Waals surface area contributed by atoms with Gasteiger partial charge >= 0.3 is 6.18 Å². The molecule has 260 valence electrons. The van der Waals surface area contributed by atoms with Crippen LogP contribution in [0.3, 0.4) is 0 Å². The van der Waals surface area contributed by atoms with E-state index in [1.54, 1.807) is 55.5 Å². The van der Waals surface area contributed by atoms with Crippen molar-refractivity contribution in [2.45, 2.75) is 63.3 Å². The van der Waals surface area contributed by atoms with Crippen molar-refractivity contribution < 1.29 is 31.2 Å². The first kappa shape index (κ1) is 37.8. The smallest absolute Gasteiger partial charge is 0.352 e. The number of carbonyl (C=O) groups excluding carboxylic acids is 2. The fourth-order valence-electron chi connectivity index (χ4n) is 5.03. The molecule has 4 aromatic rings. The van der Waals surface area contributed by atoms with Gasteiger partial charge in [-0.25, -0.2) is 8.42 Å². The van der Waals surface area contributed by atoms with E-state index in [0.717, 1.165) is 23.3 Å². The van der Waals surface area contributed by atoms with E-state index in [2.05, 4.69) is 5.32 Å². The predicted molar refractivity (Wildman–Crippen MR) is 186 cm³/mol. The molecule has 0 unspecified atom stereocenters. The Morgan fingerprint density at radius 2 is 1.51 bits per heavy atom. The van der Waals surface area contributed by atoms with Crippen molar-refractivity contribution in [1.82, 2.24) is 10.2 Å². The summed E-state index contributed by atoms with van der Waals surface area (Å²) in [5, 5.41) is 2.74. The van der Waals surface area contributed by atoms with E-state index in [1.165, 1.54) is 29.2 Å². The second kappa shape index (κ2) is 16.1. The first-order valence-electron chi connectivity index (χ1n) is 15.4. The van der Waals surface area contributed by atoms with Crippen LogP contribution in [-0.4, -0.2) is 43.8 Å². The van der Waals surface area contributed by atoms with E-state index in [4.69, 9.17) is 23.2 Å². The molecule has 0 aromatic heterocycles. The second-order valence-corrected chi connectivity index (χ2v) is 14.4. The number of benzene rings is 4. The number of halogens is 5. The van der Waals surface area contributed by atoms with Crippen molar-refractivity contribution in [3.63, 3.8) is 0 Å². The van der Waals surface area contributed by atoms with Crippen LogP contribution in [0.1, 0.15) is 42.5 Å². The van der Waals surface area contributed by atoms with Gasteiger partial charge in [-0.1, -0.05) is 90.3 Å². The molecule has 0 saturated heterocycles. The molecule has 13 heteroatoms. The minimum absolute atomic E-state index is 0.0757. The number of rotatable bonds is 13. The van der Waals surface area contributed by atoms with Crippen LogP contribution in [-0.2, 0) is 38.8 Å². The van der Waals surface area contributed by atoms with Gasteiger partial charge in [-0.05, 0) is 73.9 Å². The SMILES string of the molecule is CC[C@@H](C)NC(=O)[C@@H](Cc1ccccc1)N(Cc1ccc(Cl)cc1)C(=O)CN(c1ccc(Cl)c(C(F)(F)F)c1)S(=O)(=O)c1ccc(C)cc1. The van der Waals surface area contributed by atoms with Crippen molar-refractivity contribution in [3.05, 3.63) is 129 Å². The molecule has 4 aromatic carbocycles. The molecule has 0 fully saturated rings. The normalized spacial score (nSPS) is 13.0. The lowest BCUT2D eigenvalue weighted by atomic mass is 10.0. The fourth-order valence-corrected chi connectivity index (χ4v) is 6.79. The minimum Gasteiger partial charge on any atom is -0.352 e. The highest BCUT2D eigenvalue weighted by Gasteiger charge is 2.38. The zero-order valence-electron chi connectivity index (χ0n) is 27.0. The van der Waals surface area contributed by atoms with Crippen molar-refractivity contribution in [3.8, 4) is 0 Å². The molecule has 2 amide bonds. The number of aryl methyl sites for hydroxylation is 1. The average Bonchev–Trinajstić information content (AvgIpc) is 3.06. The highest BCUT2D eigenvalue weighted by Crippen LogP contribution is 2.38. The van der Waals surface area contributed by atoms with E-state index in [1.807, 2.05) is 19.9 Å². The van der Waals surface area contributed by atoms with Gasteiger partial charge in [0.2, 0.25) is 11.8 Å². The Hall–Kier alpha value is -4.06.